The maximum absolute atomic E-state index is 6.22. The van der Waals surface area contributed by atoms with Gasteiger partial charge in [0.2, 0.25) is 5.95 Å². The zero-order chi connectivity index (χ0) is 24.0. The number of rotatable bonds is 7. The number of nitrogens with zero attached hydrogens (tertiary/aromatic N) is 4. The zero-order valence-corrected chi connectivity index (χ0v) is 20.2. The van der Waals surface area contributed by atoms with Gasteiger partial charge >= 0.3 is 0 Å². The average molecular weight is 483 g/mol. The molecule has 0 bridgehead atoms. The van der Waals surface area contributed by atoms with Crippen molar-refractivity contribution in [1.29, 1.82) is 0 Å². The van der Waals surface area contributed by atoms with Crippen LogP contribution in [0, 0.1) is 0 Å². The number of benzene rings is 2. The van der Waals surface area contributed by atoms with Crippen molar-refractivity contribution in [1.82, 2.24) is 15.0 Å². The molecule has 6 nitrogen and oxygen atoms in total. The molecule has 1 aliphatic heterocycles. The summed E-state index contributed by atoms with van der Waals surface area (Å²) < 4.78 is 0. The third-order valence-electron chi connectivity index (χ3n) is 6.07. The van der Waals surface area contributed by atoms with Crippen LogP contribution in [-0.4, -0.2) is 28.0 Å². The molecule has 2 aromatic heterocycles. The van der Waals surface area contributed by atoms with E-state index in [1.54, 1.807) is 18.6 Å². The van der Waals surface area contributed by atoms with Gasteiger partial charge in [-0.15, -0.1) is 0 Å². The first-order valence-corrected chi connectivity index (χ1v) is 12.1. The summed E-state index contributed by atoms with van der Waals surface area (Å²) in [4.78, 5) is 15.6. The van der Waals surface area contributed by atoms with E-state index in [9.17, 15) is 0 Å². The lowest BCUT2D eigenvalue weighted by molar-refractivity contribution is 0.578. The van der Waals surface area contributed by atoms with Gasteiger partial charge in [0.15, 0.2) is 0 Å². The molecule has 0 aliphatic carbocycles. The van der Waals surface area contributed by atoms with E-state index in [1.165, 1.54) is 24.9 Å². The lowest BCUT2D eigenvalue weighted by atomic mass is 10.1. The first kappa shape index (κ1) is 22.9. The Balaban J connectivity index is 1.25. The smallest absolute Gasteiger partial charge is 0.227 e. The Hall–Kier alpha value is -3.90. The van der Waals surface area contributed by atoms with Gasteiger partial charge in [-0.25, -0.2) is 9.97 Å². The first-order valence-electron chi connectivity index (χ1n) is 11.8. The van der Waals surface area contributed by atoms with Crippen LogP contribution in [0.3, 0.4) is 0 Å². The topological polar surface area (TPSA) is 66.0 Å². The lowest BCUT2D eigenvalue weighted by Crippen LogP contribution is -2.29. The fourth-order valence-electron chi connectivity index (χ4n) is 4.20. The third-order valence-corrected chi connectivity index (χ3v) is 6.37. The fraction of sp³-hybridized carbons (Fsp3) is 0.179. The van der Waals surface area contributed by atoms with Crippen molar-refractivity contribution < 1.29 is 0 Å². The molecule has 2 N–H and O–H groups in total. The molecule has 0 atom stereocenters. The largest absolute Gasteiger partial charge is 0.372 e. The minimum atomic E-state index is 0.559. The van der Waals surface area contributed by atoms with Crippen LogP contribution in [0.2, 0.25) is 5.02 Å². The van der Waals surface area contributed by atoms with E-state index < -0.39 is 0 Å². The van der Waals surface area contributed by atoms with E-state index >= 15 is 0 Å². The maximum atomic E-state index is 6.22. The summed E-state index contributed by atoms with van der Waals surface area (Å²) in [5, 5.41) is 7.18. The number of piperidine rings is 1. The summed E-state index contributed by atoms with van der Waals surface area (Å²) in [5.74, 6) is 0.566. The van der Waals surface area contributed by atoms with Gasteiger partial charge in [-0.1, -0.05) is 30.3 Å². The van der Waals surface area contributed by atoms with Crippen molar-refractivity contribution in [2.24, 2.45) is 0 Å². The van der Waals surface area contributed by atoms with Gasteiger partial charge in [0.25, 0.3) is 0 Å². The van der Waals surface area contributed by atoms with E-state index in [0.29, 0.717) is 16.7 Å². The van der Waals surface area contributed by atoms with E-state index in [1.807, 2.05) is 36.4 Å². The zero-order valence-electron chi connectivity index (χ0n) is 19.4. The molecule has 0 spiro atoms. The second-order valence-electron chi connectivity index (χ2n) is 8.52. The van der Waals surface area contributed by atoms with Gasteiger partial charge in [0.05, 0.1) is 10.7 Å². The van der Waals surface area contributed by atoms with E-state index in [2.05, 4.69) is 56.3 Å². The van der Waals surface area contributed by atoms with Crippen molar-refractivity contribution in [3.8, 4) is 11.3 Å². The number of halogens is 1. The number of hydrogen-bond acceptors (Lipinski definition) is 6. The number of pyridine rings is 1. The number of nitrogens with one attached hydrogen (secondary N) is 2. The summed E-state index contributed by atoms with van der Waals surface area (Å²) in [6.07, 6.45) is 8.94. The molecule has 3 heterocycles. The average Bonchev–Trinajstić information content (AvgIpc) is 2.90. The Morgan fingerprint density at radius 1 is 0.857 bits per heavy atom. The Bertz CT molecular complexity index is 1300. The van der Waals surface area contributed by atoms with Crippen LogP contribution in [0.4, 0.5) is 23.0 Å². The molecule has 7 heteroatoms. The van der Waals surface area contributed by atoms with E-state index in [0.717, 1.165) is 41.3 Å². The van der Waals surface area contributed by atoms with Crippen LogP contribution >= 0.6 is 11.6 Å². The molecule has 2 aromatic carbocycles. The molecule has 0 unspecified atom stereocenters. The standard InChI is InChI=1S/C28H27ClN6/c1-20(25-13-15-30-19-26(25)29)32-22-7-5-21(6-8-22)27-14-16-31-28(34-27)33-23-9-11-24(12-10-23)35-17-3-2-4-18-35/h5-16,19,32H,1-4,17-18H2,(H,31,33,34). The molecule has 0 radical (unpaired) electrons. The summed E-state index contributed by atoms with van der Waals surface area (Å²) in [7, 11) is 0. The molecule has 0 amide bonds. The van der Waals surface area contributed by atoms with Crippen LogP contribution in [0.5, 0.6) is 0 Å². The predicted octanol–water partition coefficient (Wildman–Crippen LogP) is 7.01. The summed E-state index contributed by atoms with van der Waals surface area (Å²) >= 11 is 6.22. The molecular formula is C28H27ClN6. The van der Waals surface area contributed by atoms with Crippen molar-refractivity contribution in [3.05, 3.63) is 96.4 Å². The Morgan fingerprint density at radius 2 is 1.60 bits per heavy atom. The maximum Gasteiger partial charge on any atom is 0.227 e. The van der Waals surface area contributed by atoms with Crippen molar-refractivity contribution in [2.45, 2.75) is 19.3 Å². The molecule has 35 heavy (non-hydrogen) atoms. The molecular weight excluding hydrogens is 456 g/mol. The predicted molar refractivity (Wildman–Crippen MR) is 145 cm³/mol. The summed E-state index contributed by atoms with van der Waals surface area (Å²) in [6, 6.07) is 20.3. The Morgan fingerprint density at radius 3 is 2.34 bits per heavy atom. The molecule has 1 aliphatic rings. The molecule has 1 saturated heterocycles. The van der Waals surface area contributed by atoms with E-state index in [4.69, 9.17) is 16.6 Å². The summed E-state index contributed by atoms with van der Waals surface area (Å²) in [5.41, 5.74) is 6.52. The first-order chi connectivity index (χ1) is 17.2. The highest BCUT2D eigenvalue weighted by molar-refractivity contribution is 6.32. The fourth-order valence-corrected chi connectivity index (χ4v) is 4.44. The Labute approximate surface area is 210 Å². The van der Waals surface area contributed by atoms with Gasteiger partial charge < -0.3 is 15.5 Å². The van der Waals surface area contributed by atoms with Gasteiger partial charge in [-0.05, 0) is 67.8 Å². The number of anilines is 4. The van der Waals surface area contributed by atoms with Gasteiger partial charge in [0.1, 0.15) is 0 Å². The highest BCUT2D eigenvalue weighted by atomic mass is 35.5. The lowest BCUT2D eigenvalue weighted by Gasteiger charge is -2.28. The highest BCUT2D eigenvalue weighted by Gasteiger charge is 2.11. The van der Waals surface area contributed by atoms with Crippen LogP contribution in [0.15, 0.2) is 85.8 Å². The minimum absolute atomic E-state index is 0.559. The van der Waals surface area contributed by atoms with Crippen LogP contribution in [0.1, 0.15) is 24.8 Å². The normalized spacial score (nSPS) is 13.3. The second kappa shape index (κ2) is 10.6. The molecule has 176 valence electrons. The third kappa shape index (κ3) is 5.61. The number of hydrogen-bond donors (Lipinski definition) is 2. The highest BCUT2D eigenvalue weighted by Crippen LogP contribution is 2.26. The monoisotopic (exact) mass is 482 g/mol. The second-order valence-corrected chi connectivity index (χ2v) is 8.93. The van der Waals surface area contributed by atoms with Crippen molar-refractivity contribution in [3.63, 3.8) is 0 Å². The van der Waals surface area contributed by atoms with Gasteiger partial charge in [0, 0.05) is 65.6 Å². The Kier molecular flexibility index (Phi) is 6.91. The minimum Gasteiger partial charge on any atom is -0.372 e. The van der Waals surface area contributed by atoms with Crippen LogP contribution < -0.4 is 15.5 Å². The summed E-state index contributed by atoms with van der Waals surface area (Å²) in [6.45, 7) is 6.36. The van der Waals surface area contributed by atoms with E-state index in [-0.39, 0.29) is 0 Å². The quantitative estimate of drug-likeness (QED) is 0.295. The van der Waals surface area contributed by atoms with Crippen molar-refractivity contribution in [2.75, 3.05) is 28.6 Å². The molecule has 5 rings (SSSR count). The molecule has 4 aromatic rings. The number of aromatic nitrogens is 3. The van der Waals surface area contributed by atoms with Gasteiger partial charge in [-0.2, -0.15) is 0 Å². The SMILES string of the molecule is C=C(Nc1ccc(-c2ccnc(Nc3ccc(N4CCCCC4)cc3)n2)cc1)c1ccncc1Cl. The van der Waals surface area contributed by atoms with Crippen LogP contribution in [-0.2, 0) is 0 Å². The van der Waals surface area contributed by atoms with Crippen molar-refractivity contribution >= 4 is 40.3 Å². The molecule has 1 fully saturated rings. The van der Waals surface area contributed by atoms with Crippen LogP contribution in [0.25, 0.3) is 17.0 Å². The van der Waals surface area contributed by atoms with Gasteiger partial charge in [-0.3, -0.25) is 4.98 Å². The molecule has 0 saturated carbocycles.